The number of benzene rings is 1. The lowest BCUT2D eigenvalue weighted by atomic mass is 10.2. The molecule has 0 saturated carbocycles. The molecule has 1 aromatic carbocycles. The van der Waals surface area contributed by atoms with Gasteiger partial charge in [0.25, 0.3) is 0 Å². The third-order valence-corrected chi connectivity index (χ3v) is 2.99. The highest BCUT2D eigenvalue weighted by molar-refractivity contribution is 9.10. The van der Waals surface area contributed by atoms with Crippen LogP contribution in [0.25, 0.3) is 0 Å². The lowest BCUT2D eigenvalue weighted by Crippen LogP contribution is -2.35. The topological polar surface area (TPSA) is 35.5 Å². The Bertz CT molecular complexity index is 342. The molecule has 0 bridgehead atoms. The molecule has 0 saturated heterocycles. The summed E-state index contributed by atoms with van der Waals surface area (Å²) in [6, 6.07) is 6.09. The summed E-state index contributed by atoms with van der Waals surface area (Å²) in [6.45, 7) is 3.80. The van der Waals surface area contributed by atoms with Gasteiger partial charge in [0.05, 0.1) is 4.47 Å². The van der Waals surface area contributed by atoms with Gasteiger partial charge in [0.2, 0.25) is 0 Å². The van der Waals surface area contributed by atoms with Crippen molar-refractivity contribution in [3.8, 4) is 5.75 Å². The normalized spacial score (nSPS) is 13.1. The monoisotopic (exact) mass is 286 g/mol. The van der Waals surface area contributed by atoms with Crippen LogP contribution in [0.3, 0.4) is 0 Å². The zero-order valence-corrected chi connectivity index (χ0v) is 11.6. The molecule has 0 aliphatic rings. The molecule has 1 rings (SSSR count). The summed E-state index contributed by atoms with van der Waals surface area (Å²) >= 11 is 3.31. The predicted molar refractivity (Wildman–Crippen MR) is 70.7 cm³/mol. The highest BCUT2D eigenvalue weighted by atomic mass is 79.9. The van der Waals surface area contributed by atoms with Crippen LogP contribution < -0.4 is 5.32 Å². The van der Waals surface area contributed by atoms with E-state index >= 15 is 0 Å². The number of rotatable bonds is 5. The van der Waals surface area contributed by atoms with Crippen LogP contribution in [0, 0.1) is 0 Å². The van der Waals surface area contributed by atoms with E-state index in [4.69, 9.17) is 0 Å². The molecule has 90 valence electrons. The summed E-state index contributed by atoms with van der Waals surface area (Å²) in [5.41, 5.74) is 0.917. The molecule has 0 heterocycles. The van der Waals surface area contributed by atoms with Crippen molar-refractivity contribution in [1.29, 1.82) is 0 Å². The van der Waals surface area contributed by atoms with E-state index in [1.54, 1.807) is 0 Å². The van der Waals surface area contributed by atoms with Crippen LogP contribution in [0.4, 0.5) is 0 Å². The van der Waals surface area contributed by atoms with Gasteiger partial charge in [0.15, 0.2) is 0 Å². The molecule has 1 atom stereocenters. The van der Waals surface area contributed by atoms with Crippen LogP contribution in [0.15, 0.2) is 22.7 Å². The zero-order chi connectivity index (χ0) is 12.1. The van der Waals surface area contributed by atoms with Gasteiger partial charge in [-0.25, -0.2) is 0 Å². The van der Waals surface area contributed by atoms with Gasteiger partial charge in [-0.2, -0.15) is 0 Å². The molecule has 0 spiro atoms. The second kappa shape index (κ2) is 6.23. The van der Waals surface area contributed by atoms with Crippen molar-refractivity contribution < 1.29 is 5.11 Å². The average Bonchev–Trinajstić information content (AvgIpc) is 2.19. The molecular weight excluding hydrogens is 268 g/mol. The van der Waals surface area contributed by atoms with E-state index in [0.29, 0.717) is 18.3 Å². The largest absolute Gasteiger partial charge is 0.506 e. The zero-order valence-electron chi connectivity index (χ0n) is 10.00. The van der Waals surface area contributed by atoms with Crippen molar-refractivity contribution in [3.05, 3.63) is 28.2 Å². The number of likely N-dealkylation sites (N-methyl/N-ethyl adjacent to an activating group) is 1. The first kappa shape index (κ1) is 13.5. The number of phenols is 1. The first-order valence-electron chi connectivity index (χ1n) is 5.35. The molecule has 4 heteroatoms. The molecule has 0 fully saturated rings. The van der Waals surface area contributed by atoms with Crippen molar-refractivity contribution in [2.24, 2.45) is 0 Å². The molecule has 0 radical (unpaired) electrons. The van der Waals surface area contributed by atoms with Gasteiger partial charge in [-0.15, -0.1) is 0 Å². The van der Waals surface area contributed by atoms with E-state index in [9.17, 15) is 5.11 Å². The summed E-state index contributed by atoms with van der Waals surface area (Å²) in [6.07, 6.45) is 0. The fourth-order valence-corrected chi connectivity index (χ4v) is 2.01. The van der Waals surface area contributed by atoms with Crippen molar-refractivity contribution >= 4 is 15.9 Å². The number of aromatic hydroxyl groups is 1. The standard InChI is InChI=1S/C12H19BrN2O/c1-9(8-15(2)3)14-7-10-5-4-6-11(13)12(10)16/h4-6,9,14,16H,7-8H2,1-3H3. The van der Waals surface area contributed by atoms with Gasteiger partial charge in [-0.3, -0.25) is 0 Å². The highest BCUT2D eigenvalue weighted by Crippen LogP contribution is 2.27. The quantitative estimate of drug-likeness (QED) is 0.871. The molecule has 2 N–H and O–H groups in total. The second-order valence-corrected chi connectivity index (χ2v) is 5.15. The number of para-hydroxylation sites is 1. The Morgan fingerprint density at radius 1 is 1.44 bits per heavy atom. The lowest BCUT2D eigenvalue weighted by molar-refractivity contribution is 0.347. The fourth-order valence-electron chi connectivity index (χ4n) is 1.60. The van der Waals surface area contributed by atoms with Crippen LogP contribution in [0.1, 0.15) is 12.5 Å². The van der Waals surface area contributed by atoms with Crippen LogP contribution >= 0.6 is 15.9 Å². The van der Waals surface area contributed by atoms with E-state index in [1.165, 1.54) is 0 Å². The number of hydrogen-bond donors (Lipinski definition) is 2. The highest BCUT2D eigenvalue weighted by Gasteiger charge is 2.07. The third-order valence-electron chi connectivity index (χ3n) is 2.35. The third kappa shape index (κ3) is 4.12. The SMILES string of the molecule is CC(CN(C)C)NCc1cccc(Br)c1O. The molecule has 0 amide bonds. The molecule has 1 aromatic rings. The maximum Gasteiger partial charge on any atom is 0.134 e. The first-order valence-corrected chi connectivity index (χ1v) is 6.14. The van der Waals surface area contributed by atoms with E-state index < -0.39 is 0 Å². The van der Waals surface area contributed by atoms with Crippen LogP contribution in [0.2, 0.25) is 0 Å². The minimum absolute atomic E-state index is 0.326. The van der Waals surface area contributed by atoms with Gasteiger partial charge in [0.1, 0.15) is 5.75 Å². The van der Waals surface area contributed by atoms with Gasteiger partial charge >= 0.3 is 0 Å². The van der Waals surface area contributed by atoms with Crippen LogP contribution in [-0.2, 0) is 6.54 Å². The van der Waals surface area contributed by atoms with Gasteiger partial charge in [-0.05, 0) is 43.0 Å². The molecular formula is C12H19BrN2O. The average molecular weight is 287 g/mol. The Morgan fingerprint density at radius 2 is 2.12 bits per heavy atom. The van der Waals surface area contributed by atoms with Crippen molar-refractivity contribution in [2.45, 2.75) is 19.5 Å². The van der Waals surface area contributed by atoms with Gasteiger partial charge < -0.3 is 15.3 Å². The van der Waals surface area contributed by atoms with Crippen molar-refractivity contribution in [2.75, 3.05) is 20.6 Å². The van der Waals surface area contributed by atoms with E-state index in [0.717, 1.165) is 16.6 Å². The molecule has 0 aliphatic carbocycles. The summed E-state index contributed by atoms with van der Waals surface area (Å²) in [5, 5.41) is 13.2. The number of nitrogens with zero attached hydrogens (tertiary/aromatic N) is 1. The maximum absolute atomic E-state index is 9.80. The molecule has 0 aliphatic heterocycles. The van der Waals surface area contributed by atoms with Crippen LogP contribution in [0.5, 0.6) is 5.75 Å². The Labute approximate surface area is 106 Å². The van der Waals surface area contributed by atoms with Crippen molar-refractivity contribution in [1.82, 2.24) is 10.2 Å². The van der Waals surface area contributed by atoms with Gasteiger partial charge in [0, 0.05) is 24.7 Å². The Balaban J connectivity index is 2.51. The number of hydrogen-bond acceptors (Lipinski definition) is 3. The molecule has 3 nitrogen and oxygen atoms in total. The van der Waals surface area contributed by atoms with E-state index in [1.807, 2.05) is 18.2 Å². The summed E-state index contributed by atoms with van der Waals surface area (Å²) < 4.78 is 0.743. The Morgan fingerprint density at radius 3 is 2.75 bits per heavy atom. The number of halogens is 1. The Kier molecular flexibility index (Phi) is 5.25. The molecule has 1 unspecified atom stereocenters. The minimum atomic E-state index is 0.326. The lowest BCUT2D eigenvalue weighted by Gasteiger charge is -2.18. The number of nitrogens with one attached hydrogen (secondary N) is 1. The smallest absolute Gasteiger partial charge is 0.134 e. The van der Waals surface area contributed by atoms with E-state index in [2.05, 4.69) is 47.2 Å². The summed E-state index contributed by atoms with van der Waals surface area (Å²) in [4.78, 5) is 2.14. The first-order chi connectivity index (χ1) is 7.50. The fraction of sp³-hybridized carbons (Fsp3) is 0.500. The predicted octanol–water partition coefficient (Wildman–Crippen LogP) is 2.19. The Hall–Kier alpha value is -0.580. The van der Waals surface area contributed by atoms with Crippen LogP contribution in [-0.4, -0.2) is 36.7 Å². The minimum Gasteiger partial charge on any atom is -0.506 e. The number of phenolic OH excluding ortho intramolecular Hbond substituents is 1. The maximum atomic E-state index is 9.80. The summed E-state index contributed by atoms with van der Waals surface area (Å²) in [5.74, 6) is 0.326. The van der Waals surface area contributed by atoms with Gasteiger partial charge in [-0.1, -0.05) is 12.1 Å². The second-order valence-electron chi connectivity index (χ2n) is 4.29. The van der Waals surface area contributed by atoms with E-state index in [-0.39, 0.29) is 0 Å². The van der Waals surface area contributed by atoms with Crippen molar-refractivity contribution in [3.63, 3.8) is 0 Å². The molecule has 0 aromatic heterocycles. The summed E-state index contributed by atoms with van der Waals surface area (Å²) in [7, 11) is 4.10. The molecule has 16 heavy (non-hydrogen) atoms.